The molecule has 3 heterocycles. The number of halogens is 2. The minimum Gasteiger partial charge on any atom is -1.00 e. The van der Waals surface area contributed by atoms with Crippen molar-refractivity contribution in [2.45, 2.75) is 6.92 Å². The summed E-state index contributed by atoms with van der Waals surface area (Å²) in [7, 11) is 0. The molecule has 7 nitrogen and oxygen atoms in total. The van der Waals surface area contributed by atoms with Crippen molar-refractivity contribution in [3.63, 3.8) is 0 Å². The summed E-state index contributed by atoms with van der Waals surface area (Å²) in [6.45, 7) is 2.10. The molecule has 9 heteroatoms. The summed E-state index contributed by atoms with van der Waals surface area (Å²) in [5.74, 6) is 0. The molecule has 0 unspecified atom stereocenters. The Bertz CT molecular complexity index is 948. The SMILES string of the molecule is Cc1ccc(-c2cc(-c3cccc[nH+]3)nc(-c3cccc[nH+]3)c2)cc1.O.O.O.O.[Br-].[Br-]. The van der Waals surface area contributed by atoms with E-state index in [1.165, 1.54) is 11.1 Å². The van der Waals surface area contributed by atoms with E-state index in [9.17, 15) is 0 Å². The van der Waals surface area contributed by atoms with Crippen LogP contribution in [0.25, 0.3) is 33.9 Å². The van der Waals surface area contributed by atoms with E-state index in [0.717, 1.165) is 28.3 Å². The number of hydrogen-bond donors (Lipinski definition) is 0. The number of benzene rings is 1. The molecular formula is C22H27Br2N3O4. The molecule has 4 rings (SSSR count). The summed E-state index contributed by atoms with van der Waals surface area (Å²) in [6, 6.07) is 24.9. The Kier molecular flexibility index (Phi) is 16.3. The molecule has 0 aliphatic carbocycles. The van der Waals surface area contributed by atoms with E-state index in [1.54, 1.807) is 0 Å². The van der Waals surface area contributed by atoms with Gasteiger partial charge in [-0.25, -0.2) is 15.0 Å². The van der Waals surface area contributed by atoms with Crippen molar-refractivity contribution in [2.24, 2.45) is 0 Å². The molecule has 0 bridgehead atoms. The Morgan fingerprint density at radius 1 is 0.581 bits per heavy atom. The molecule has 31 heavy (non-hydrogen) atoms. The lowest BCUT2D eigenvalue weighted by molar-refractivity contribution is -0.365. The van der Waals surface area contributed by atoms with Gasteiger partial charge in [0.2, 0.25) is 11.4 Å². The van der Waals surface area contributed by atoms with Gasteiger partial charge in [0.05, 0.1) is 0 Å². The molecule has 3 aromatic heterocycles. The second-order valence-electron chi connectivity index (χ2n) is 6.04. The summed E-state index contributed by atoms with van der Waals surface area (Å²) in [5.41, 5.74) is 7.42. The molecule has 4 aromatic rings. The number of nitrogens with one attached hydrogen (secondary N) is 2. The Labute approximate surface area is 202 Å². The monoisotopic (exact) mass is 555 g/mol. The first-order valence-electron chi connectivity index (χ1n) is 8.33. The molecule has 1 aromatic carbocycles. The average Bonchev–Trinajstić information content (AvgIpc) is 2.69. The molecule has 0 fully saturated rings. The number of hydrogen-bond acceptors (Lipinski definition) is 1. The number of aryl methyl sites for hydroxylation is 1. The van der Waals surface area contributed by atoms with Crippen LogP contribution in [0.1, 0.15) is 5.56 Å². The van der Waals surface area contributed by atoms with Crippen molar-refractivity contribution in [1.29, 1.82) is 0 Å². The Morgan fingerprint density at radius 3 is 1.42 bits per heavy atom. The van der Waals surface area contributed by atoms with Gasteiger partial charge in [-0.3, -0.25) is 0 Å². The molecule has 0 amide bonds. The molecule has 0 saturated carbocycles. The maximum Gasteiger partial charge on any atom is 0.229 e. The highest BCUT2D eigenvalue weighted by Gasteiger charge is 2.14. The number of H-pyrrole nitrogens is 2. The quantitative estimate of drug-likeness (QED) is 0.242. The lowest BCUT2D eigenvalue weighted by atomic mass is 10.0. The highest BCUT2D eigenvalue weighted by atomic mass is 79.9. The number of pyridine rings is 3. The van der Waals surface area contributed by atoms with Crippen LogP contribution in [-0.4, -0.2) is 26.9 Å². The summed E-state index contributed by atoms with van der Waals surface area (Å²) in [4.78, 5) is 11.4. The first-order chi connectivity index (χ1) is 12.3. The van der Waals surface area contributed by atoms with Gasteiger partial charge in [-0.05, 0) is 42.3 Å². The maximum atomic E-state index is 4.85. The molecular weight excluding hydrogens is 530 g/mol. The molecule has 0 atom stereocenters. The minimum absolute atomic E-state index is 0. The van der Waals surface area contributed by atoms with E-state index in [4.69, 9.17) is 4.98 Å². The van der Waals surface area contributed by atoms with E-state index < -0.39 is 0 Å². The van der Waals surface area contributed by atoms with Gasteiger partial charge in [0.25, 0.3) is 0 Å². The van der Waals surface area contributed by atoms with Gasteiger partial charge < -0.3 is 55.9 Å². The van der Waals surface area contributed by atoms with Gasteiger partial charge in [0, 0.05) is 24.3 Å². The summed E-state index contributed by atoms with van der Waals surface area (Å²) in [5, 5.41) is 0. The molecule has 0 spiro atoms. The largest absolute Gasteiger partial charge is 1.00 e. The van der Waals surface area contributed by atoms with Gasteiger partial charge >= 0.3 is 0 Å². The topological polar surface area (TPSA) is 167 Å². The predicted molar refractivity (Wildman–Crippen MR) is 113 cm³/mol. The third-order valence-corrected chi connectivity index (χ3v) is 4.18. The first kappa shape index (κ1) is 33.1. The van der Waals surface area contributed by atoms with Gasteiger partial charge in [0.1, 0.15) is 11.4 Å². The van der Waals surface area contributed by atoms with E-state index >= 15 is 0 Å². The van der Waals surface area contributed by atoms with Crippen LogP contribution in [0.5, 0.6) is 0 Å². The smallest absolute Gasteiger partial charge is 0.229 e. The van der Waals surface area contributed by atoms with Gasteiger partial charge in [-0.1, -0.05) is 29.8 Å². The second-order valence-corrected chi connectivity index (χ2v) is 6.04. The normalized spacial score (nSPS) is 8.55. The Morgan fingerprint density at radius 2 is 1.03 bits per heavy atom. The number of rotatable bonds is 3. The van der Waals surface area contributed by atoms with Gasteiger partial charge in [0.15, 0.2) is 12.4 Å². The highest BCUT2D eigenvalue weighted by molar-refractivity contribution is 5.73. The number of aromatic amines is 2. The molecule has 0 radical (unpaired) electrons. The van der Waals surface area contributed by atoms with Crippen molar-refractivity contribution in [3.05, 3.63) is 90.8 Å². The Hall–Kier alpha value is -2.53. The first-order valence-corrected chi connectivity index (χ1v) is 8.33. The molecule has 168 valence electrons. The van der Waals surface area contributed by atoms with Crippen LogP contribution in [-0.2, 0) is 0 Å². The van der Waals surface area contributed by atoms with E-state index in [0.29, 0.717) is 0 Å². The lowest BCUT2D eigenvalue weighted by Crippen LogP contribution is -3.00. The molecule has 0 aliphatic rings. The average molecular weight is 557 g/mol. The van der Waals surface area contributed by atoms with E-state index in [2.05, 4.69) is 53.3 Å². The zero-order chi connectivity index (χ0) is 17.1. The third kappa shape index (κ3) is 7.91. The van der Waals surface area contributed by atoms with Crippen LogP contribution in [0.4, 0.5) is 0 Å². The minimum atomic E-state index is 0. The summed E-state index contributed by atoms with van der Waals surface area (Å²) < 4.78 is 0. The third-order valence-electron chi connectivity index (χ3n) is 4.18. The highest BCUT2D eigenvalue weighted by Crippen LogP contribution is 2.27. The fourth-order valence-electron chi connectivity index (χ4n) is 2.82. The van der Waals surface area contributed by atoms with Gasteiger partial charge in [-0.2, -0.15) is 0 Å². The van der Waals surface area contributed by atoms with Crippen molar-refractivity contribution in [2.75, 3.05) is 0 Å². The molecule has 0 saturated heterocycles. The zero-order valence-corrected chi connectivity index (χ0v) is 20.0. The van der Waals surface area contributed by atoms with Crippen molar-refractivity contribution >= 4 is 0 Å². The number of aromatic nitrogens is 3. The van der Waals surface area contributed by atoms with Crippen molar-refractivity contribution in [3.8, 4) is 33.9 Å². The molecule has 0 aliphatic heterocycles. The van der Waals surface area contributed by atoms with Crippen LogP contribution in [0.2, 0.25) is 0 Å². The Balaban J connectivity index is -0.00000131. The fourth-order valence-corrected chi connectivity index (χ4v) is 2.82. The zero-order valence-electron chi connectivity index (χ0n) is 16.8. The molecule has 10 N–H and O–H groups in total. The fraction of sp³-hybridized carbons (Fsp3) is 0.0455. The summed E-state index contributed by atoms with van der Waals surface area (Å²) in [6.07, 6.45) is 3.84. The lowest BCUT2D eigenvalue weighted by Gasteiger charge is -2.06. The van der Waals surface area contributed by atoms with Crippen LogP contribution in [0.3, 0.4) is 0 Å². The predicted octanol–water partition coefficient (Wildman–Crippen LogP) is -5.27. The van der Waals surface area contributed by atoms with Crippen LogP contribution >= 0.6 is 0 Å². The van der Waals surface area contributed by atoms with Crippen molar-refractivity contribution < 1.29 is 65.8 Å². The standard InChI is InChI=1S/C22H17N3.2BrH.4H2O/c1-16-8-10-17(11-9-16)18-14-21(19-6-2-4-12-23-19)25-22(15-18)20-7-3-5-13-24-20;;;;;;/h2-15H,1H3;2*1H;4*1H2. The van der Waals surface area contributed by atoms with Crippen LogP contribution < -0.4 is 43.9 Å². The van der Waals surface area contributed by atoms with Crippen LogP contribution in [0, 0.1) is 6.92 Å². The van der Waals surface area contributed by atoms with E-state index in [-0.39, 0.29) is 55.9 Å². The van der Waals surface area contributed by atoms with Gasteiger partial charge in [-0.15, -0.1) is 0 Å². The maximum absolute atomic E-state index is 4.85. The summed E-state index contributed by atoms with van der Waals surface area (Å²) >= 11 is 0. The van der Waals surface area contributed by atoms with E-state index in [1.807, 2.05) is 48.8 Å². The number of nitrogens with zero attached hydrogens (tertiary/aromatic N) is 1. The second kappa shape index (κ2) is 15.3. The van der Waals surface area contributed by atoms with Crippen LogP contribution in [0.15, 0.2) is 85.2 Å². The van der Waals surface area contributed by atoms with Crippen molar-refractivity contribution in [1.82, 2.24) is 4.98 Å².